The van der Waals surface area contributed by atoms with Crippen LogP contribution in [0.25, 0.3) is 0 Å². The topological polar surface area (TPSA) is 49.8 Å². The molecule has 0 aliphatic carbocycles. The molecule has 0 aliphatic rings. The van der Waals surface area contributed by atoms with Gasteiger partial charge in [0, 0.05) is 18.7 Å². The van der Waals surface area contributed by atoms with Gasteiger partial charge >= 0.3 is 0 Å². The molecule has 0 saturated carbocycles. The van der Waals surface area contributed by atoms with E-state index < -0.39 is 0 Å². The molecule has 1 heterocycles. The van der Waals surface area contributed by atoms with Crippen molar-refractivity contribution in [1.82, 2.24) is 9.97 Å². The lowest BCUT2D eigenvalue weighted by Crippen LogP contribution is -2.12. The van der Waals surface area contributed by atoms with Crippen LogP contribution >= 0.6 is 0 Å². The highest BCUT2D eigenvalue weighted by Gasteiger charge is 2.13. The predicted octanol–water partition coefficient (Wildman–Crippen LogP) is 3.24. The Hall–Kier alpha value is -1.32. The van der Waals surface area contributed by atoms with E-state index in [1.807, 2.05) is 0 Å². The van der Waals surface area contributed by atoms with Crippen LogP contribution in [0.2, 0.25) is 0 Å². The van der Waals surface area contributed by atoms with Crippen molar-refractivity contribution < 1.29 is 0 Å². The van der Waals surface area contributed by atoms with Crippen LogP contribution in [0.1, 0.15) is 52.0 Å². The Labute approximate surface area is 104 Å². The summed E-state index contributed by atoms with van der Waals surface area (Å²) in [4.78, 5) is 8.69. The summed E-state index contributed by atoms with van der Waals surface area (Å²) < 4.78 is 0. The molecular weight excluding hydrogens is 212 g/mol. The van der Waals surface area contributed by atoms with E-state index >= 15 is 0 Å². The summed E-state index contributed by atoms with van der Waals surface area (Å²) in [5.74, 6) is 2.35. The number of nitrogens with one attached hydrogen (secondary N) is 2. The maximum Gasteiger partial charge on any atom is 0.134 e. The molecule has 1 aromatic heterocycles. The maximum absolute atomic E-state index is 4.34. The first-order chi connectivity index (χ1) is 8.20. The Morgan fingerprint density at radius 3 is 1.82 bits per heavy atom. The lowest BCUT2D eigenvalue weighted by molar-refractivity contribution is 0.836. The molecule has 4 heteroatoms. The van der Waals surface area contributed by atoms with Crippen LogP contribution in [0.5, 0.6) is 0 Å². The second kappa shape index (κ2) is 7.09. The quantitative estimate of drug-likeness (QED) is 0.763. The summed E-state index contributed by atoms with van der Waals surface area (Å²) in [5, 5.41) is 6.74. The molecule has 17 heavy (non-hydrogen) atoms. The van der Waals surface area contributed by atoms with Crippen LogP contribution in [-0.2, 0) is 0 Å². The van der Waals surface area contributed by atoms with Gasteiger partial charge in [0.1, 0.15) is 18.0 Å². The van der Waals surface area contributed by atoms with Gasteiger partial charge in [-0.2, -0.15) is 0 Å². The summed E-state index contributed by atoms with van der Waals surface area (Å²) in [6.45, 7) is 10.5. The number of hydrogen-bond acceptors (Lipinski definition) is 4. The third-order valence-electron chi connectivity index (χ3n) is 2.55. The van der Waals surface area contributed by atoms with Crippen LogP contribution in [0, 0.1) is 0 Å². The molecular formula is C13H24N4. The minimum absolute atomic E-state index is 0.412. The van der Waals surface area contributed by atoms with E-state index in [2.05, 4.69) is 48.3 Å². The Kier molecular flexibility index (Phi) is 5.73. The van der Waals surface area contributed by atoms with Gasteiger partial charge in [0.05, 0.1) is 0 Å². The molecule has 1 rings (SSSR count). The average Bonchev–Trinajstić information content (AvgIpc) is 2.33. The van der Waals surface area contributed by atoms with Crippen molar-refractivity contribution >= 4 is 11.6 Å². The van der Waals surface area contributed by atoms with Gasteiger partial charge in [-0.15, -0.1) is 0 Å². The monoisotopic (exact) mass is 236 g/mol. The Morgan fingerprint density at radius 1 is 1.00 bits per heavy atom. The van der Waals surface area contributed by atoms with Crippen LogP contribution in [-0.4, -0.2) is 23.1 Å². The summed E-state index contributed by atoms with van der Waals surface area (Å²) in [5.41, 5.74) is 1.19. The van der Waals surface area contributed by atoms with Crippen molar-refractivity contribution in [3.8, 4) is 0 Å². The summed E-state index contributed by atoms with van der Waals surface area (Å²) >= 11 is 0. The second-order valence-corrected chi connectivity index (χ2v) is 4.49. The number of nitrogens with zero attached hydrogens (tertiary/aromatic N) is 2. The van der Waals surface area contributed by atoms with Gasteiger partial charge in [0.15, 0.2) is 0 Å². The molecule has 2 N–H and O–H groups in total. The van der Waals surface area contributed by atoms with Crippen molar-refractivity contribution in [2.45, 2.75) is 46.5 Å². The minimum atomic E-state index is 0.412. The Balaban J connectivity index is 2.95. The molecule has 0 fully saturated rings. The molecule has 0 spiro atoms. The van der Waals surface area contributed by atoms with E-state index in [1.54, 1.807) is 6.33 Å². The number of hydrogen-bond donors (Lipinski definition) is 2. The van der Waals surface area contributed by atoms with Gasteiger partial charge in [0.25, 0.3) is 0 Å². The SMILES string of the molecule is CCCNc1ncnc(NCCC)c1C(C)C. The fourth-order valence-electron chi connectivity index (χ4n) is 1.71. The molecule has 1 aromatic rings. The van der Waals surface area contributed by atoms with Crippen LogP contribution < -0.4 is 10.6 Å². The van der Waals surface area contributed by atoms with Gasteiger partial charge in [-0.1, -0.05) is 27.7 Å². The first-order valence-corrected chi connectivity index (χ1v) is 6.53. The third kappa shape index (κ3) is 3.88. The normalized spacial score (nSPS) is 10.6. The zero-order valence-corrected chi connectivity index (χ0v) is 11.4. The van der Waals surface area contributed by atoms with E-state index in [4.69, 9.17) is 0 Å². The van der Waals surface area contributed by atoms with E-state index in [0.29, 0.717) is 5.92 Å². The fourth-order valence-corrected chi connectivity index (χ4v) is 1.71. The molecule has 0 aromatic carbocycles. The lowest BCUT2D eigenvalue weighted by Gasteiger charge is -2.17. The molecule has 0 radical (unpaired) electrons. The molecule has 0 saturated heterocycles. The fraction of sp³-hybridized carbons (Fsp3) is 0.692. The zero-order chi connectivity index (χ0) is 12.7. The van der Waals surface area contributed by atoms with E-state index in [-0.39, 0.29) is 0 Å². The summed E-state index contributed by atoms with van der Waals surface area (Å²) in [6, 6.07) is 0. The first kappa shape index (κ1) is 13.7. The molecule has 0 bridgehead atoms. The van der Waals surface area contributed by atoms with Gasteiger partial charge in [0.2, 0.25) is 0 Å². The third-order valence-corrected chi connectivity index (χ3v) is 2.55. The van der Waals surface area contributed by atoms with E-state index in [9.17, 15) is 0 Å². The second-order valence-electron chi connectivity index (χ2n) is 4.49. The standard InChI is InChI=1S/C13H24N4/c1-5-7-14-12-11(10(3)4)13(15-8-6-2)17-9-16-12/h9-10H,5-8H2,1-4H3,(H2,14,15,16,17). The highest BCUT2D eigenvalue weighted by atomic mass is 15.1. The summed E-state index contributed by atoms with van der Waals surface area (Å²) in [6.07, 6.45) is 3.82. The van der Waals surface area contributed by atoms with Crippen molar-refractivity contribution in [2.24, 2.45) is 0 Å². The molecule has 4 nitrogen and oxygen atoms in total. The highest BCUT2D eigenvalue weighted by Crippen LogP contribution is 2.28. The van der Waals surface area contributed by atoms with Crippen LogP contribution in [0.15, 0.2) is 6.33 Å². The molecule has 0 amide bonds. The van der Waals surface area contributed by atoms with Crippen molar-refractivity contribution in [2.75, 3.05) is 23.7 Å². The average molecular weight is 236 g/mol. The van der Waals surface area contributed by atoms with Gasteiger partial charge in [-0.05, 0) is 18.8 Å². The van der Waals surface area contributed by atoms with Crippen molar-refractivity contribution in [3.63, 3.8) is 0 Å². The maximum atomic E-state index is 4.34. The number of rotatable bonds is 7. The minimum Gasteiger partial charge on any atom is -0.370 e. The first-order valence-electron chi connectivity index (χ1n) is 6.53. The smallest absolute Gasteiger partial charge is 0.134 e. The van der Waals surface area contributed by atoms with Gasteiger partial charge in [-0.3, -0.25) is 0 Å². The van der Waals surface area contributed by atoms with Crippen LogP contribution in [0.4, 0.5) is 11.6 Å². The largest absolute Gasteiger partial charge is 0.370 e. The number of aromatic nitrogens is 2. The predicted molar refractivity (Wildman–Crippen MR) is 73.7 cm³/mol. The molecule has 0 unspecified atom stereocenters. The zero-order valence-electron chi connectivity index (χ0n) is 11.4. The Bertz CT molecular complexity index is 310. The van der Waals surface area contributed by atoms with Crippen LogP contribution in [0.3, 0.4) is 0 Å². The van der Waals surface area contributed by atoms with Gasteiger partial charge < -0.3 is 10.6 Å². The molecule has 96 valence electrons. The van der Waals surface area contributed by atoms with Crippen molar-refractivity contribution in [3.05, 3.63) is 11.9 Å². The van der Waals surface area contributed by atoms with Crippen molar-refractivity contribution in [1.29, 1.82) is 0 Å². The molecule has 0 atom stereocenters. The summed E-state index contributed by atoms with van der Waals surface area (Å²) in [7, 11) is 0. The number of anilines is 2. The molecule has 0 aliphatic heterocycles. The Morgan fingerprint density at radius 2 is 1.47 bits per heavy atom. The van der Waals surface area contributed by atoms with E-state index in [1.165, 1.54) is 5.56 Å². The van der Waals surface area contributed by atoms with E-state index in [0.717, 1.165) is 37.6 Å². The lowest BCUT2D eigenvalue weighted by atomic mass is 10.0. The van der Waals surface area contributed by atoms with Gasteiger partial charge in [-0.25, -0.2) is 9.97 Å². The highest BCUT2D eigenvalue weighted by molar-refractivity contribution is 5.58.